The molecule has 0 saturated heterocycles. The highest BCUT2D eigenvalue weighted by Crippen LogP contribution is 2.12. The lowest BCUT2D eigenvalue weighted by Crippen LogP contribution is -2.11. The first-order valence-corrected chi connectivity index (χ1v) is 6.34. The van der Waals surface area contributed by atoms with E-state index in [0.717, 1.165) is 6.54 Å². The van der Waals surface area contributed by atoms with E-state index >= 15 is 0 Å². The summed E-state index contributed by atoms with van der Waals surface area (Å²) >= 11 is 1.99. The van der Waals surface area contributed by atoms with Crippen LogP contribution in [0, 0.1) is 0 Å². The van der Waals surface area contributed by atoms with Crippen LogP contribution in [0.4, 0.5) is 0 Å². The molecule has 80 valence electrons. The van der Waals surface area contributed by atoms with E-state index < -0.39 is 0 Å². The Morgan fingerprint density at radius 1 is 1.57 bits per heavy atom. The van der Waals surface area contributed by atoms with Gasteiger partial charge in [0.1, 0.15) is 0 Å². The fourth-order valence-electron chi connectivity index (χ4n) is 1.34. The maximum Gasteiger partial charge on any atom is 0.0310 e. The summed E-state index contributed by atoms with van der Waals surface area (Å²) in [5, 5.41) is 3.24. The van der Waals surface area contributed by atoms with Gasteiger partial charge in [0.25, 0.3) is 0 Å². The van der Waals surface area contributed by atoms with Crippen molar-refractivity contribution in [2.45, 2.75) is 26.4 Å². The van der Waals surface area contributed by atoms with Gasteiger partial charge in [-0.25, -0.2) is 0 Å². The van der Waals surface area contributed by atoms with E-state index in [0.29, 0.717) is 6.04 Å². The van der Waals surface area contributed by atoms with Crippen molar-refractivity contribution in [2.24, 2.45) is 0 Å². The van der Waals surface area contributed by atoms with E-state index in [1.165, 1.54) is 17.1 Å². The molecule has 1 atom stereocenters. The third-order valence-corrected chi connectivity index (χ3v) is 3.28. The zero-order valence-electron chi connectivity index (χ0n) is 9.29. The quantitative estimate of drug-likeness (QED) is 0.730. The standard InChI is InChI=1S/C11H20N2S/c1-4-14-8-7-13-6-5-11(9-13)10(2)12-3/h5-6,9-10,12H,4,7-8H2,1-3H3. The minimum Gasteiger partial charge on any atom is -0.353 e. The van der Waals surface area contributed by atoms with Gasteiger partial charge < -0.3 is 9.88 Å². The van der Waals surface area contributed by atoms with Crippen molar-refractivity contribution in [3.05, 3.63) is 24.0 Å². The van der Waals surface area contributed by atoms with Crippen LogP contribution >= 0.6 is 11.8 Å². The number of hydrogen-bond acceptors (Lipinski definition) is 2. The summed E-state index contributed by atoms with van der Waals surface area (Å²) in [6.07, 6.45) is 4.40. The number of aromatic nitrogens is 1. The van der Waals surface area contributed by atoms with Crippen LogP contribution in [-0.2, 0) is 6.54 Å². The van der Waals surface area contributed by atoms with E-state index in [1.54, 1.807) is 0 Å². The van der Waals surface area contributed by atoms with Gasteiger partial charge in [0.05, 0.1) is 0 Å². The van der Waals surface area contributed by atoms with Gasteiger partial charge >= 0.3 is 0 Å². The second-order valence-electron chi connectivity index (χ2n) is 3.39. The molecule has 0 spiro atoms. The average Bonchev–Trinajstić information content (AvgIpc) is 2.66. The van der Waals surface area contributed by atoms with E-state index in [4.69, 9.17) is 0 Å². The van der Waals surface area contributed by atoms with Crippen molar-refractivity contribution in [2.75, 3.05) is 18.6 Å². The summed E-state index contributed by atoms with van der Waals surface area (Å²) in [7, 11) is 1.99. The highest BCUT2D eigenvalue weighted by Gasteiger charge is 2.03. The molecule has 0 bridgehead atoms. The lowest BCUT2D eigenvalue weighted by molar-refractivity contribution is 0.648. The normalized spacial score (nSPS) is 13.1. The lowest BCUT2D eigenvalue weighted by atomic mass is 10.2. The summed E-state index contributed by atoms with van der Waals surface area (Å²) in [6, 6.07) is 2.65. The Balaban J connectivity index is 2.42. The van der Waals surface area contributed by atoms with Crippen LogP contribution in [0.5, 0.6) is 0 Å². The molecule has 0 aliphatic heterocycles. The highest BCUT2D eigenvalue weighted by molar-refractivity contribution is 7.99. The molecule has 0 aromatic carbocycles. The zero-order valence-corrected chi connectivity index (χ0v) is 10.1. The number of thioether (sulfide) groups is 1. The summed E-state index contributed by atoms with van der Waals surface area (Å²) in [5.41, 5.74) is 1.37. The van der Waals surface area contributed by atoms with Gasteiger partial charge in [-0.3, -0.25) is 0 Å². The van der Waals surface area contributed by atoms with Gasteiger partial charge in [-0.15, -0.1) is 0 Å². The molecule has 0 saturated carbocycles. The molecular weight excluding hydrogens is 192 g/mol. The minimum atomic E-state index is 0.454. The van der Waals surface area contributed by atoms with Crippen molar-refractivity contribution < 1.29 is 0 Å². The molecule has 0 aliphatic rings. The van der Waals surface area contributed by atoms with Crippen LogP contribution in [0.1, 0.15) is 25.5 Å². The van der Waals surface area contributed by atoms with Gasteiger partial charge in [-0.05, 0) is 31.4 Å². The Labute approximate surface area is 91.1 Å². The highest BCUT2D eigenvalue weighted by atomic mass is 32.2. The van der Waals surface area contributed by atoms with E-state index in [2.05, 4.69) is 42.2 Å². The van der Waals surface area contributed by atoms with E-state index in [-0.39, 0.29) is 0 Å². The van der Waals surface area contributed by atoms with Crippen molar-refractivity contribution in [3.63, 3.8) is 0 Å². The molecule has 1 rings (SSSR count). The topological polar surface area (TPSA) is 17.0 Å². The predicted molar refractivity (Wildman–Crippen MR) is 64.9 cm³/mol. The first-order valence-electron chi connectivity index (χ1n) is 5.18. The molecule has 1 aromatic rings. The Hall–Kier alpha value is -0.410. The van der Waals surface area contributed by atoms with E-state index in [1.807, 2.05) is 18.8 Å². The maximum absolute atomic E-state index is 3.24. The number of nitrogens with one attached hydrogen (secondary N) is 1. The summed E-state index contributed by atoms with van der Waals surface area (Å²) in [6.45, 7) is 5.50. The molecule has 0 fully saturated rings. The lowest BCUT2D eigenvalue weighted by Gasteiger charge is -2.07. The van der Waals surface area contributed by atoms with Gasteiger partial charge in [-0.1, -0.05) is 6.92 Å². The summed E-state index contributed by atoms with van der Waals surface area (Å²) in [4.78, 5) is 0. The minimum absolute atomic E-state index is 0.454. The molecule has 14 heavy (non-hydrogen) atoms. The van der Waals surface area contributed by atoms with Gasteiger partial charge in [-0.2, -0.15) is 11.8 Å². The van der Waals surface area contributed by atoms with Crippen LogP contribution in [0.15, 0.2) is 18.5 Å². The second-order valence-corrected chi connectivity index (χ2v) is 4.78. The van der Waals surface area contributed by atoms with Gasteiger partial charge in [0.2, 0.25) is 0 Å². The molecule has 1 aromatic heterocycles. The van der Waals surface area contributed by atoms with Crippen molar-refractivity contribution in [1.29, 1.82) is 0 Å². The first-order chi connectivity index (χ1) is 6.77. The van der Waals surface area contributed by atoms with Gasteiger partial charge in [0.15, 0.2) is 0 Å². The Bertz CT molecular complexity index is 258. The Morgan fingerprint density at radius 2 is 2.36 bits per heavy atom. The third-order valence-electron chi connectivity index (χ3n) is 2.40. The van der Waals surface area contributed by atoms with Crippen LogP contribution < -0.4 is 5.32 Å². The van der Waals surface area contributed by atoms with Gasteiger partial charge in [0, 0.05) is 30.7 Å². The van der Waals surface area contributed by atoms with E-state index in [9.17, 15) is 0 Å². The molecule has 2 nitrogen and oxygen atoms in total. The fourth-order valence-corrected chi connectivity index (χ4v) is 1.96. The second kappa shape index (κ2) is 6.14. The third kappa shape index (κ3) is 3.39. The SMILES string of the molecule is CCSCCn1ccc(C(C)NC)c1. The average molecular weight is 212 g/mol. The number of aryl methyl sites for hydroxylation is 1. The predicted octanol–water partition coefficient (Wildman–Crippen LogP) is 2.52. The molecule has 0 radical (unpaired) electrons. The van der Waals surface area contributed by atoms with Crippen molar-refractivity contribution in [1.82, 2.24) is 9.88 Å². The fraction of sp³-hybridized carbons (Fsp3) is 0.636. The molecule has 1 N–H and O–H groups in total. The van der Waals surface area contributed by atoms with Crippen molar-refractivity contribution >= 4 is 11.8 Å². The largest absolute Gasteiger partial charge is 0.353 e. The molecule has 0 aliphatic carbocycles. The Kier molecular flexibility index (Phi) is 5.12. The smallest absolute Gasteiger partial charge is 0.0310 e. The molecule has 1 heterocycles. The maximum atomic E-state index is 3.24. The van der Waals surface area contributed by atoms with Crippen LogP contribution in [0.2, 0.25) is 0 Å². The van der Waals surface area contributed by atoms with Crippen LogP contribution in [0.3, 0.4) is 0 Å². The Morgan fingerprint density at radius 3 is 3.00 bits per heavy atom. The molecule has 1 unspecified atom stereocenters. The number of rotatable bonds is 6. The van der Waals surface area contributed by atoms with Crippen molar-refractivity contribution in [3.8, 4) is 0 Å². The number of hydrogen-bond donors (Lipinski definition) is 1. The van der Waals surface area contributed by atoms with Crippen LogP contribution in [-0.4, -0.2) is 23.1 Å². The van der Waals surface area contributed by atoms with Crippen LogP contribution in [0.25, 0.3) is 0 Å². The monoisotopic (exact) mass is 212 g/mol. The zero-order chi connectivity index (χ0) is 10.4. The molecule has 0 amide bonds. The molecule has 3 heteroatoms. The first kappa shape index (κ1) is 11.7. The number of nitrogens with zero attached hydrogens (tertiary/aromatic N) is 1. The molecular formula is C11H20N2S. The summed E-state index contributed by atoms with van der Waals surface area (Å²) in [5.74, 6) is 2.42. The summed E-state index contributed by atoms with van der Waals surface area (Å²) < 4.78 is 2.27.